The van der Waals surface area contributed by atoms with Gasteiger partial charge in [-0.2, -0.15) is 0 Å². The number of nitrogens with zero attached hydrogens (tertiary/aromatic N) is 4. The number of halogens is 1. The second kappa shape index (κ2) is 6.87. The van der Waals surface area contributed by atoms with Gasteiger partial charge >= 0.3 is 0 Å². The summed E-state index contributed by atoms with van der Waals surface area (Å²) >= 11 is 0. The molecule has 1 aliphatic rings. The third kappa shape index (κ3) is 3.15. The molecule has 27 heavy (non-hydrogen) atoms. The molecular weight excluding hydrogens is 345 g/mol. The summed E-state index contributed by atoms with van der Waals surface area (Å²) in [5.74, 6) is 2.31. The number of hydrogen-bond acceptors (Lipinski definition) is 5. The highest BCUT2D eigenvalue weighted by Gasteiger charge is 2.37. The molecular formula is C20H24FN5O. The van der Waals surface area contributed by atoms with E-state index in [1.54, 1.807) is 6.07 Å². The Hall–Kier alpha value is -2.57. The molecule has 7 heteroatoms. The van der Waals surface area contributed by atoms with Crippen molar-refractivity contribution >= 4 is 11.2 Å². The van der Waals surface area contributed by atoms with Crippen molar-refractivity contribution in [2.45, 2.75) is 46.0 Å². The summed E-state index contributed by atoms with van der Waals surface area (Å²) in [5, 5.41) is 12.2. The van der Waals surface area contributed by atoms with E-state index >= 15 is 0 Å². The van der Waals surface area contributed by atoms with Crippen LogP contribution in [0.3, 0.4) is 0 Å². The molecule has 0 bridgehead atoms. The van der Waals surface area contributed by atoms with Crippen molar-refractivity contribution in [2.75, 3.05) is 7.11 Å². The molecule has 1 fully saturated rings. The zero-order chi connectivity index (χ0) is 19.1. The first-order valence-corrected chi connectivity index (χ1v) is 9.47. The fourth-order valence-corrected chi connectivity index (χ4v) is 3.86. The van der Waals surface area contributed by atoms with Crippen LogP contribution in [0.25, 0.3) is 22.4 Å². The standard InChI is InChI=1S/C20H24FN5O/c1-5-10(2)16(12-6-7-12)19-22-18-17(24-26-25-20(18)23-19)13-9-14(21)15(27-4)8-11(13)3/h8-10,12,16H,5-7H2,1-4H3,(H,22,23,24,25). The molecule has 6 nitrogen and oxygen atoms in total. The van der Waals surface area contributed by atoms with E-state index in [2.05, 4.69) is 34.2 Å². The van der Waals surface area contributed by atoms with E-state index in [9.17, 15) is 4.39 Å². The van der Waals surface area contributed by atoms with E-state index in [4.69, 9.17) is 9.72 Å². The fraction of sp³-hybridized carbons (Fsp3) is 0.500. The molecule has 142 valence electrons. The van der Waals surface area contributed by atoms with Crippen LogP contribution in [0.2, 0.25) is 0 Å². The van der Waals surface area contributed by atoms with Crippen LogP contribution >= 0.6 is 0 Å². The molecule has 2 aromatic heterocycles. The maximum Gasteiger partial charge on any atom is 0.204 e. The maximum atomic E-state index is 14.3. The van der Waals surface area contributed by atoms with Gasteiger partial charge in [0.15, 0.2) is 11.6 Å². The number of hydrogen-bond donors (Lipinski definition) is 1. The minimum Gasteiger partial charge on any atom is -0.494 e. The molecule has 3 aromatic rings. The van der Waals surface area contributed by atoms with Gasteiger partial charge < -0.3 is 9.72 Å². The van der Waals surface area contributed by atoms with E-state index in [0.29, 0.717) is 40.2 Å². The number of aromatic amines is 1. The van der Waals surface area contributed by atoms with Gasteiger partial charge in [-0.1, -0.05) is 20.3 Å². The van der Waals surface area contributed by atoms with Crippen molar-refractivity contribution in [2.24, 2.45) is 11.8 Å². The number of benzene rings is 1. The number of aromatic nitrogens is 5. The summed E-state index contributed by atoms with van der Waals surface area (Å²) in [5.41, 5.74) is 3.32. The number of aryl methyl sites for hydroxylation is 1. The van der Waals surface area contributed by atoms with E-state index in [-0.39, 0.29) is 5.75 Å². The van der Waals surface area contributed by atoms with Gasteiger partial charge in [-0.3, -0.25) is 0 Å². The normalized spacial score (nSPS) is 16.5. The predicted molar refractivity (Wildman–Crippen MR) is 101 cm³/mol. The minimum absolute atomic E-state index is 0.213. The Labute approximate surface area is 157 Å². The molecule has 0 amide bonds. The quantitative estimate of drug-likeness (QED) is 0.696. The maximum absolute atomic E-state index is 14.3. The van der Waals surface area contributed by atoms with Gasteiger partial charge in [0.2, 0.25) is 5.65 Å². The number of rotatable bonds is 6. The van der Waals surface area contributed by atoms with Gasteiger partial charge in [0.1, 0.15) is 17.0 Å². The number of nitrogens with one attached hydrogen (secondary N) is 1. The minimum atomic E-state index is -0.430. The monoisotopic (exact) mass is 369 g/mol. The SMILES string of the molecule is CCC(C)C(c1nc2nnnc(-c3cc(F)c(OC)cc3C)c2[nH]1)C1CC1. The van der Waals surface area contributed by atoms with Crippen LogP contribution in [0.4, 0.5) is 4.39 Å². The zero-order valence-electron chi connectivity index (χ0n) is 16.1. The Balaban J connectivity index is 1.84. The van der Waals surface area contributed by atoms with Crippen LogP contribution in [-0.2, 0) is 0 Å². The van der Waals surface area contributed by atoms with Crippen molar-refractivity contribution < 1.29 is 9.13 Å². The van der Waals surface area contributed by atoms with Gasteiger partial charge in [0.25, 0.3) is 0 Å². The summed E-state index contributed by atoms with van der Waals surface area (Å²) < 4.78 is 19.4. The Morgan fingerprint density at radius 2 is 2.07 bits per heavy atom. The number of fused-ring (bicyclic) bond motifs is 1. The Bertz CT molecular complexity index is 982. The fourth-order valence-electron chi connectivity index (χ4n) is 3.86. The highest BCUT2D eigenvalue weighted by molar-refractivity contribution is 5.87. The van der Waals surface area contributed by atoms with Gasteiger partial charge in [0.05, 0.1) is 7.11 Å². The van der Waals surface area contributed by atoms with Crippen molar-refractivity contribution in [3.63, 3.8) is 0 Å². The third-order valence-corrected chi connectivity index (χ3v) is 5.68. The second-order valence-corrected chi connectivity index (χ2v) is 7.51. The lowest BCUT2D eigenvalue weighted by Crippen LogP contribution is -2.13. The lowest BCUT2D eigenvalue weighted by molar-refractivity contribution is 0.386. The molecule has 2 atom stereocenters. The predicted octanol–water partition coefficient (Wildman–Crippen LogP) is 4.41. The molecule has 1 N–H and O–H groups in total. The molecule has 2 unspecified atom stereocenters. The number of imidazole rings is 1. The molecule has 0 spiro atoms. The molecule has 0 radical (unpaired) electrons. The average molecular weight is 369 g/mol. The van der Waals surface area contributed by atoms with Crippen molar-refractivity contribution in [1.29, 1.82) is 0 Å². The summed E-state index contributed by atoms with van der Waals surface area (Å²) in [6.45, 7) is 6.37. The molecule has 2 heterocycles. The topological polar surface area (TPSA) is 76.6 Å². The number of ether oxygens (including phenoxy) is 1. The van der Waals surface area contributed by atoms with Gasteiger partial charge in [-0.15, -0.1) is 10.2 Å². The Morgan fingerprint density at radius 1 is 1.30 bits per heavy atom. The second-order valence-electron chi connectivity index (χ2n) is 7.51. The Kier molecular flexibility index (Phi) is 4.53. The van der Waals surface area contributed by atoms with Crippen molar-refractivity contribution in [1.82, 2.24) is 25.4 Å². The van der Waals surface area contributed by atoms with Crippen molar-refractivity contribution in [3.05, 3.63) is 29.3 Å². The van der Waals surface area contributed by atoms with Crippen molar-refractivity contribution in [3.8, 4) is 17.0 Å². The lowest BCUT2D eigenvalue weighted by Gasteiger charge is -2.20. The summed E-state index contributed by atoms with van der Waals surface area (Å²) in [4.78, 5) is 8.17. The molecule has 1 aliphatic carbocycles. The van der Waals surface area contributed by atoms with Gasteiger partial charge in [0, 0.05) is 11.5 Å². The van der Waals surface area contributed by atoms with Crippen LogP contribution in [-0.4, -0.2) is 32.5 Å². The first-order chi connectivity index (χ1) is 13.0. The van der Waals surface area contributed by atoms with Crippen LogP contribution < -0.4 is 4.74 Å². The smallest absolute Gasteiger partial charge is 0.204 e. The van der Waals surface area contributed by atoms with Gasteiger partial charge in [-0.05, 0) is 54.5 Å². The number of methoxy groups -OCH3 is 1. The largest absolute Gasteiger partial charge is 0.494 e. The van der Waals surface area contributed by atoms with Crippen LogP contribution in [0.15, 0.2) is 12.1 Å². The summed E-state index contributed by atoms with van der Waals surface area (Å²) in [7, 11) is 1.45. The molecule has 1 aromatic carbocycles. The van der Waals surface area contributed by atoms with E-state index in [1.807, 2.05) is 6.92 Å². The zero-order valence-corrected chi connectivity index (χ0v) is 16.1. The summed E-state index contributed by atoms with van der Waals surface area (Å²) in [6, 6.07) is 3.10. The van der Waals surface area contributed by atoms with Crippen LogP contribution in [0, 0.1) is 24.6 Å². The van der Waals surface area contributed by atoms with Crippen LogP contribution in [0.5, 0.6) is 5.75 Å². The first-order valence-electron chi connectivity index (χ1n) is 9.47. The third-order valence-electron chi connectivity index (χ3n) is 5.68. The molecule has 1 saturated carbocycles. The lowest BCUT2D eigenvalue weighted by atomic mass is 9.87. The van der Waals surface area contributed by atoms with Gasteiger partial charge in [-0.25, -0.2) is 9.37 Å². The molecule has 0 aliphatic heterocycles. The van der Waals surface area contributed by atoms with Crippen LogP contribution in [0.1, 0.15) is 50.4 Å². The average Bonchev–Trinajstić information content (AvgIpc) is 3.40. The first kappa shape index (κ1) is 17.8. The Morgan fingerprint density at radius 3 is 2.74 bits per heavy atom. The van der Waals surface area contributed by atoms with E-state index < -0.39 is 5.82 Å². The van der Waals surface area contributed by atoms with E-state index in [0.717, 1.165) is 17.8 Å². The highest BCUT2D eigenvalue weighted by atomic mass is 19.1. The van der Waals surface area contributed by atoms with E-state index in [1.165, 1.54) is 26.0 Å². The summed E-state index contributed by atoms with van der Waals surface area (Å²) in [6.07, 6.45) is 3.58. The number of H-pyrrole nitrogens is 1. The molecule has 4 rings (SSSR count). The highest BCUT2D eigenvalue weighted by Crippen LogP contribution is 2.47. The molecule has 0 saturated heterocycles.